The SMILES string of the molecule is N#CC(C(=O)c1c(F)cccc1F)c1ccc(Br)cc1. The Bertz CT molecular complexity index is 672. The van der Waals surface area contributed by atoms with Crippen LogP contribution in [0.5, 0.6) is 0 Å². The van der Waals surface area contributed by atoms with E-state index >= 15 is 0 Å². The maximum absolute atomic E-state index is 13.6. The minimum atomic E-state index is -1.24. The van der Waals surface area contributed by atoms with E-state index in [1.807, 2.05) is 0 Å². The minimum absolute atomic E-state index is 0.392. The van der Waals surface area contributed by atoms with Gasteiger partial charge in [0.2, 0.25) is 0 Å². The van der Waals surface area contributed by atoms with Gasteiger partial charge in [-0.3, -0.25) is 4.79 Å². The highest BCUT2D eigenvalue weighted by molar-refractivity contribution is 9.10. The first-order chi connectivity index (χ1) is 9.54. The average Bonchev–Trinajstić information content (AvgIpc) is 2.41. The topological polar surface area (TPSA) is 40.9 Å². The van der Waals surface area contributed by atoms with Crippen LogP contribution in [0.4, 0.5) is 8.78 Å². The van der Waals surface area contributed by atoms with Crippen molar-refractivity contribution in [1.29, 1.82) is 5.26 Å². The lowest BCUT2D eigenvalue weighted by molar-refractivity contribution is 0.0970. The Hall–Kier alpha value is -2.06. The highest BCUT2D eigenvalue weighted by Gasteiger charge is 2.27. The van der Waals surface area contributed by atoms with Gasteiger partial charge in [0.15, 0.2) is 5.78 Å². The van der Waals surface area contributed by atoms with E-state index < -0.39 is 28.9 Å². The van der Waals surface area contributed by atoms with Gasteiger partial charge in [-0.1, -0.05) is 34.1 Å². The monoisotopic (exact) mass is 335 g/mol. The third kappa shape index (κ3) is 2.75. The van der Waals surface area contributed by atoms with Crippen molar-refractivity contribution in [3.05, 3.63) is 69.7 Å². The van der Waals surface area contributed by atoms with Crippen LogP contribution in [0.1, 0.15) is 21.8 Å². The average molecular weight is 336 g/mol. The number of nitrogens with zero attached hydrogens (tertiary/aromatic N) is 1. The lowest BCUT2D eigenvalue weighted by Crippen LogP contribution is -2.15. The summed E-state index contributed by atoms with van der Waals surface area (Å²) in [7, 11) is 0. The second-order valence-corrected chi connectivity index (χ2v) is 4.99. The van der Waals surface area contributed by atoms with Gasteiger partial charge < -0.3 is 0 Å². The molecule has 2 nitrogen and oxygen atoms in total. The van der Waals surface area contributed by atoms with Crippen LogP contribution in [0.25, 0.3) is 0 Å². The molecule has 5 heteroatoms. The third-order valence-corrected chi connectivity index (χ3v) is 3.33. The molecule has 0 spiro atoms. The van der Waals surface area contributed by atoms with Gasteiger partial charge >= 0.3 is 0 Å². The summed E-state index contributed by atoms with van der Waals surface area (Å²) in [5, 5.41) is 9.13. The first-order valence-electron chi connectivity index (χ1n) is 5.68. The van der Waals surface area contributed by atoms with Crippen molar-refractivity contribution in [3.63, 3.8) is 0 Å². The molecule has 1 atom stereocenters. The predicted octanol–water partition coefficient (Wildman–Crippen LogP) is 4.22. The Balaban J connectivity index is 2.45. The van der Waals surface area contributed by atoms with Crippen LogP contribution in [0.3, 0.4) is 0 Å². The van der Waals surface area contributed by atoms with Crippen LogP contribution in [0.2, 0.25) is 0 Å². The summed E-state index contributed by atoms with van der Waals surface area (Å²) in [6.45, 7) is 0. The van der Waals surface area contributed by atoms with E-state index in [4.69, 9.17) is 5.26 Å². The van der Waals surface area contributed by atoms with Crippen molar-refractivity contribution < 1.29 is 13.6 Å². The smallest absolute Gasteiger partial charge is 0.190 e. The largest absolute Gasteiger partial charge is 0.292 e. The molecule has 0 saturated carbocycles. The zero-order chi connectivity index (χ0) is 14.7. The molecule has 0 aromatic heterocycles. The summed E-state index contributed by atoms with van der Waals surface area (Å²) >= 11 is 3.23. The van der Waals surface area contributed by atoms with Crippen LogP contribution in [-0.4, -0.2) is 5.78 Å². The van der Waals surface area contributed by atoms with E-state index in [0.29, 0.717) is 5.56 Å². The molecule has 2 aromatic rings. The molecule has 100 valence electrons. The number of hydrogen-bond donors (Lipinski definition) is 0. The van der Waals surface area contributed by atoms with Gasteiger partial charge in [-0.15, -0.1) is 0 Å². The second kappa shape index (κ2) is 5.93. The van der Waals surface area contributed by atoms with Gasteiger partial charge in [0.1, 0.15) is 17.6 Å². The normalized spacial score (nSPS) is 11.7. The Labute approximate surface area is 122 Å². The summed E-state index contributed by atoms with van der Waals surface area (Å²) in [6, 6.07) is 11.4. The highest BCUT2D eigenvalue weighted by Crippen LogP contribution is 2.25. The summed E-state index contributed by atoms with van der Waals surface area (Å²) in [4.78, 5) is 12.2. The van der Waals surface area contributed by atoms with Crippen LogP contribution in [-0.2, 0) is 0 Å². The van der Waals surface area contributed by atoms with Crippen LogP contribution in [0, 0.1) is 23.0 Å². The lowest BCUT2D eigenvalue weighted by Gasteiger charge is -2.10. The Kier molecular flexibility index (Phi) is 4.26. The molecule has 0 bridgehead atoms. The van der Waals surface area contributed by atoms with Gasteiger partial charge in [-0.05, 0) is 29.8 Å². The van der Waals surface area contributed by atoms with Crippen molar-refractivity contribution >= 4 is 21.7 Å². The molecule has 2 aromatic carbocycles. The predicted molar refractivity (Wildman–Crippen MR) is 73.2 cm³/mol. The van der Waals surface area contributed by atoms with Crippen molar-refractivity contribution in [3.8, 4) is 6.07 Å². The fraction of sp³-hybridized carbons (Fsp3) is 0.0667. The number of ketones is 1. The zero-order valence-electron chi connectivity index (χ0n) is 10.1. The molecule has 0 heterocycles. The van der Waals surface area contributed by atoms with Gasteiger partial charge in [0, 0.05) is 4.47 Å². The molecule has 0 N–H and O–H groups in total. The third-order valence-electron chi connectivity index (χ3n) is 2.80. The molecule has 1 unspecified atom stereocenters. The number of benzene rings is 2. The second-order valence-electron chi connectivity index (χ2n) is 4.07. The fourth-order valence-electron chi connectivity index (χ4n) is 1.82. The quantitative estimate of drug-likeness (QED) is 0.788. The van der Waals surface area contributed by atoms with E-state index in [1.165, 1.54) is 6.07 Å². The van der Waals surface area contributed by atoms with Crippen molar-refractivity contribution in [2.75, 3.05) is 0 Å². The van der Waals surface area contributed by atoms with Crippen LogP contribution >= 0.6 is 15.9 Å². The summed E-state index contributed by atoms with van der Waals surface area (Å²) in [5.41, 5.74) is -0.287. The molecule has 0 radical (unpaired) electrons. The minimum Gasteiger partial charge on any atom is -0.292 e. The van der Waals surface area contributed by atoms with Crippen molar-refractivity contribution in [1.82, 2.24) is 0 Å². The van der Waals surface area contributed by atoms with Gasteiger partial charge in [-0.2, -0.15) is 5.26 Å². The fourth-order valence-corrected chi connectivity index (χ4v) is 2.08. The number of carbonyl (C=O) groups is 1. The van der Waals surface area contributed by atoms with E-state index in [1.54, 1.807) is 30.3 Å². The number of halogens is 3. The highest BCUT2D eigenvalue weighted by atomic mass is 79.9. The van der Waals surface area contributed by atoms with Crippen molar-refractivity contribution in [2.24, 2.45) is 0 Å². The van der Waals surface area contributed by atoms with E-state index in [0.717, 1.165) is 16.6 Å². The number of rotatable bonds is 3. The number of nitriles is 1. The molecule has 0 saturated heterocycles. The maximum atomic E-state index is 13.6. The van der Waals surface area contributed by atoms with Crippen molar-refractivity contribution in [2.45, 2.75) is 5.92 Å². The van der Waals surface area contributed by atoms with Gasteiger partial charge in [0.25, 0.3) is 0 Å². The van der Waals surface area contributed by atoms with Crippen LogP contribution in [0.15, 0.2) is 46.9 Å². The molecule has 0 aliphatic rings. The summed E-state index contributed by atoms with van der Waals surface area (Å²) in [5.74, 6) is -4.06. The summed E-state index contributed by atoms with van der Waals surface area (Å²) in [6.07, 6.45) is 0. The number of Topliss-reactive ketones (excluding diaryl/α,β-unsaturated/α-hetero) is 1. The van der Waals surface area contributed by atoms with Gasteiger partial charge in [-0.25, -0.2) is 8.78 Å². The Morgan fingerprint density at radius 3 is 2.15 bits per heavy atom. The molecule has 0 fully saturated rings. The molecule has 0 aliphatic heterocycles. The zero-order valence-corrected chi connectivity index (χ0v) is 11.7. The van der Waals surface area contributed by atoms with E-state index in [2.05, 4.69) is 15.9 Å². The Morgan fingerprint density at radius 1 is 1.10 bits per heavy atom. The van der Waals surface area contributed by atoms with E-state index in [-0.39, 0.29) is 0 Å². The van der Waals surface area contributed by atoms with E-state index in [9.17, 15) is 13.6 Å². The molecule has 20 heavy (non-hydrogen) atoms. The molecule has 0 aliphatic carbocycles. The van der Waals surface area contributed by atoms with Gasteiger partial charge in [0.05, 0.1) is 11.6 Å². The molecule has 2 rings (SSSR count). The Morgan fingerprint density at radius 2 is 1.65 bits per heavy atom. The molecule has 0 amide bonds. The first kappa shape index (κ1) is 14.4. The first-order valence-corrected chi connectivity index (χ1v) is 6.47. The molecular weight excluding hydrogens is 328 g/mol. The number of carbonyl (C=O) groups excluding carboxylic acids is 1. The standard InChI is InChI=1S/C15H8BrF2NO/c16-10-6-4-9(5-7-10)11(8-19)15(20)14-12(17)2-1-3-13(14)18/h1-7,11H. The number of hydrogen-bond acceptors (Lipinski definition) is 2. The summed E-state index contributed by atoms with van der Waals surface area (Å²) < 4.78 is 28.0. The van der Waals surface area contributed by atoms with Crippen LogP contribution < -0.4 is 0 Å². The maximum Gasteiger partial charge on any atom is 0.190 e. The lowest BCUT2D eigenvalue weighted by atomic mass is 9.91. The molecular formula is C15H8BrF2NO.